The van der Waals surface area contributed by atoms with Gasteiger partial charge in [0.15, 0.2) is 0 Å². The molecule has 4 aromatic rings. The average Bonchev–Trinajstić information content (AvgIpc) is 3.19. The van der Waals surface area contributed by atoms with Crippen molar-refractivity contribution in [1.29, 1.82) is 0 Å². The standard InChI is InChI=1S/C18H15N5O3/c1-10(24)8-22-12-4-2-3-5-13(12)23-9-19-14(15(23)18(22)25)16-20-17(26-21-16)11-6-7-11/h2-5,9,11H,6-8H2,1H3. The Balaban J connectivity index is 1.82. The van der Waals surface area contributed by atoms with E-state index in [1.54, 1.807) is 10.7 Å². The van der Waals surface area contributed by atoms with Gasteiger partial charge in [0.2, 0.25) is 11.7 Å². The van der Waals surface area contributed by atoms with Crippen LogP contribution in [-0.2, 0) is 11.3 Å². The minimum absolute atomic E-state index is 0.0000345. The fourth-order valence-electron chi connectivity index (χ4n) is 3.24. The van der Waals surface area contributed by atoms with Crippen LogP contribution in [0.2, 0.25) is 0 Å². The Kier molecular flexibility index (Phi) is 3.09. The van der Waals surface area contributed by atoms with Gasteiger partial charge in [-0.1, -0.05) is 17.3 Å². The van der Waals surface area contributed by atoms with Gasteiger partial charge >= 0.3 is 0 Å². The second kappa shape index (κ2) is 5.35. The molecule has 1 aliphatic carbocycles. The highest BCUT2D eigenvalue weighted by molar-refractivity contribution is 5.85. The summed E-state index contributed by atoms with van der Waals surface area (Å²) >= 11 is 0. The molecular weight excluding hydrogens is 334 g/mol. The number of fused-ring (bicyclic) bond motifs is 3. The molecule has 0 bridgehead atoms. The van der Waals surface area contributed by atoms with Crippen LogP contribution in [-0.4, -0.2) is 29.9 Å². The molecule has 3 aromatic heterocycles. The van der Waals surface area contributed by atoms with E-state index in [0.717, 1.165) is 18.4 Å². The zero-order valence-corrected chi connectivity index (χ0v) is 14.0. The van der Waals surface area contributed by atoms with Crippen LogP contribution in [0.5, 0.6) is 0 Å². The first-order chi connectivity index (χ1) is 12.6. The van der Waals surface area contributed by atoms with Crippen LogP contribution in [0, 0.1) is 0 Å². The van der Waals surface area contributed by atoms with Crippen LogP contribution in [0.15, 0.2) is 39.9 Å². The van der Waals surface area contributed by atoms with Crippen molar-refractivity contribution in [3.8, 4) is 11.5 Å². The number of aromatic nitrogens is 5. The first-order valence-electron chi connectivity index (χ1n) is 8.45. The van der Waals surface area contributed by atoms with Crippen LogP contribution in [0.25, 0.3) is 28.1 Å². The number of benzene rings is 1. The average molecular weight is 349 g/mol. The largest absolute Gasteiger partial charge is 0.339 e. The molecule has 1 saturated carbocycles. The molecule has 0 unspecified atom stereocenters. The van der Waals surface area contributed by atoms with Gasteiger partial charge in [-0.3, -0.25) is 18.6 Å². The third-order valence-electron chi connectivity index (χ3n) is 4.61. The summed E-state index contributed by atoms with van der Waals surface area (Å²) in [5, 5.41) is 4.00. The molecule has 0 atom stereocenters. The van der Waals surface area contributed by atoms with Gasteiger partial charge in [0.1, 0.15) is 23.3 Å². The molecule has 130 valence electrons. The SMILES string of the molecule is CC(=O)Cn1c(=O)c2c(-c3noc(C4CC4)n3)ncn2c2ccccc21. The van der Waals surface area contributed by atoms with E-state index in [1.165, 1.54) is 11.5 Å². The van der Waals surface area contributed by atoms with Crippen molar-refractivity contribution in [2.75, 3.05) is 0 Å². The number of imidazole rings is 1. The first-order valence-corrected chi connectivity index (χ1v) is 8.45. The van der Waals surface area contributed by atoms with Gasteiger partial charge in [-0.05, 0) is 31.9 Å². The topological polar surface area (TPSA) is 95.3 Å². The number of nitrogens with zero attached hydrogens (tertiary/aromatic N) is 5. The molecular formula is C18H15N5O3. The molecule has 3 heterocycles. The molecule has 1 fully saturated rings. The quantitative estimate of drug-likeness (QED) is 0.560. The van der Waals surface area contributed by atoms with Crippen molar-refractivity contribution in [3.63, 3.8) is 0 Å². The number of carbonyl (C=O) groups is 1. The molecule has 0 radical (unpaired) electrons. The number of rotatable bonds is 4. The van der Waals surface area contributed by atoms with Crippen LogP contribution < -0.4 is 5.56 Å². The predicted molar refractivity (Wildman–Crippen MR) is 92.9 cm³/mol. The van der Waals surface area contributed by atoms with Crippen LogP contribution in [0.3, 0.4) is 0 Å². The lowest BCUT2D eigenvalue weighted by Crippen LogP contribution is -2.25. The summed E-state index contributed by atoms with van der Waals surface area (Å²) in [6.07, 6.45) is 3.67. The molecule has 8 nitrogen and oxygen atoms in total. The van der Waals surface area contributed by atoms with Crippen molar-refractivity contribution in [2.45, 2.75) is 32.2 Å². The first kappa shape index (κ1) is 15.0. The highest BCUT2D eigenvalue weighted by Crippen LogP contribution is 2.39. The Morgan fingerprint density at radius 1 is 1.27 bits per heavy atom. The monoisotopic (exact) mass is 349 g/mol. The zero-order valence-electron chi connectivity index (χ0n) is 14.0. The summed E-state index contributed by atoms with van der Waals surface area (Å²) in [5.41, 5.74) is 1.87. The van der Waals surface area contributed by atoms with Gasteiger partial charge in [-0.15, -0.1) is 0 Å². The van der Waals surface area contributed by atoms with Crippen LogP contribution in [0.1, 0.15) is 31.6 Å². The van der Waals surface area contributed by atoms with Gasteiger partial charge in [0.25, 0.3) is 5.56 Å². The van der Waals surface area contributed by atoms with E-state index in [4.69, 9.17) is 4.52 Å². The Morgan fingerprint density at radius 2 is 2.04 bits per heavy atom. The highest BCUT2D eigenvalue weighted by atomic mass is 16.5. The Morgan fingerprint density at radius 3 is 2.77 bits per heavy atom. The Bertz CT molecular complexity index is 1230. The van der Waals surface area contributed by atoms with E-state index in [9.17, 15) is 9.59 Å². The van der Waals surface area contributed by atoms with Crippen LogP contribution >= 0.6 is 0 Å². The Hall–Kier alpha value is -3.29. The maximum Gasteiger partial charge on any atom is 0.278 e. The lowest BCUT2D eigenvalue weighted by Gasteiger charge is -2.10. The van der Waals surface area contributed by atoms with E-state index >= 15 is 0 Å². The van der Waals surface area contributed by atoms with Gasteiger partial charge in [-0.2, -0.15) is 4.98 Å². The fourth-order valence-corrected chi connectivity index (χ4v) is 3.24. The molecule has 26 heavy (non-hydrogen) atoms. The predicted octanol–water partition coefficient (Wildman–Crippen LogP) is 2.17. The van der Waals surface area contributed by atoms with Crippen molar-refractivity contribution in [2.24, 2.45) is 0 Å². The highest BCUT2D eigenvalue weighted by Gasteiger charge is 2.30. The molecule has 5 rings (SSSR count). The molecule has 0 amide bonds. The summed E-state index contributed by atoms with van der Waals surface area (Å²) in [6.45, 7) is 1.46. The summed E-state index contributed by atoms with van der Waals surface area (Å²) in [6, 6.07) is 7.42. The normalized spacial score (nSPS) is 14.3. The third-order valence-corrected chi connectivity index (χ3v) is 4.61. The molecule has 8 heteroatoms. The Labute approximate surface area is 147 Å². The molecule has 1 aromatic carbocycles. The summed E-state index contributed by atoms with van der Waals surface area (Å²) in [5.74, 6) is 1.11. The lowest BCUT2D eigenvalue weighted by molar-refractivity contribution is -0.117. The molecule has 0 N–H and O–H groups in total. The fraction of sp³-hybridized carbons (Fsp3) is 0.278. The van der Waals surface area contributed by atoms with Crippen LogP contribution in [0.4, 0.5) is 0 Å². The maximum atomic E-state index is 13.1. The number of carbonyl (C=O) groups excluding carboxylic acids is 1. The van der Waals surface area contributed by atoms with E-state index in [2.05, 4.69) is 15.1 Å². The van der Waals surface area contributed by atoms with Crippen molar-refractivity contribution < 1.29 is 9.32 Å². The summed E-state index contributed by atoms with van der Waals surface area (Å²) in [7, 11) is 0. The van der Waals surface area contributed by atoms with Crippen molar-refractivity contribution in [3.05, 3.63) is 46.8 Å². The number of hydrogen-bond donors (Lipinski definition) is 0. The number of ketones is 1. The van der Waals surface area contributed by atoms with E-state index in [0.29, 0.717) is 34.4 Å². The zero-order chi connectivity index (χ0) is 17.8. The second-order valence-electron chi connectivity index (χ2n) is 6.62. The summed E-state index contributed by atoms with van der Waals surface area (Å²) < 4.78 is 8.50. The smallest absolute Gasteiger partial charge is 0.278 e. The van der Waals surface area contributed by atoms with E-state index in [1.807, 2.05) is 24.3 Å². The molecule has 0 saturated heterocycles. The summed E-state index contributed by atoms with van der Waals surface area (Å²) in [4.78, 5) is 33.6. The van der Waals surface area contributed by atoms with Gasteiger partial charge in [0.05, 0.1) is 17.6 Å². The lowest BCUT2D eigenvalue weighted by atomic mass is 10.2. The van der Waals surface area contributed by atoms with E-state index in [-0.39, 0.29) is 17.9 Å². The molecule has 1 aliphatic rings. The molecule has 0 spiro atoms. The van der Waals surface area contributed by atoms with Gasteiger partial charge in [-0.25, -0.2) is 4.98 Å². The van der Waals surface area contributed by atoms with E-state index < -0.39 is 0 Å². The number of para-hydroxylation sites is 2. The number of hydrogen-bond acceptors (Lipinski definition) is 6. The minimum atomic E-state index is -0.302. The number of Topliss-reactive ketones (excluding diaryl/α,β-unsaturated/α-hetero) is 1. The van der Waals surface area contributed by atoms with Crippen molar-refractivity contribution in [1.82, 2.24) is 24.1 Å². The van der Waals surface area contributed by atoms with Gasteiger partial charge in [0, 0.05) is 5.92 Å². The maximum absolute atomic E-state index is 13.1. The minimum Gasteiger partial charge on any atom is -0.339 e. The van der Waals surface area contributed by atoms with Gasteiger partial charge < -0.3 is 4.52 Å². The molecule has 0 aliphatic heterocycles. The second-order valence-corrected chi connectivity index (χ2v) is 6.62. The van der Waals surface area contributed by atoms with Crippen molar-refractivity contribution >= 4 is 22.3 Å². The third kappa shape index (κ3) is 2.18.